The van der Waals surface area contributed by atoms with Gasteiger partial charge >= 0.3 is 140 Å². The maximum absolute atomic E-state index is 6.66. The summed E-state index contributed by atoms with van der Waals surface area (Å²) in [4.78, 5) is 1.19. The van der Waals surface area contributed by atoms with Crippen LogP contribution in [0.4, 0.5) is 0 Å². The summed E-state index contributed by atoms with van der Waals surface area (Å²) in [6.07, 6.45) is 11.2. The molecule has 1 atom stereocenters. The standard InChI is InChI=1S/C16H23OSSi.2ClH.Ti/c1-13-10-11-16(14(2)12-13,17-19(3,4)5)18-15-8-6-7-9-15;;;/h6,8,10,12H,7,11H2,1-5H3;2*1H;/q;;;+2/p-2. The van der Waals surface area contributed by atoms with Crippen LogP contribution in [0.15, 0.2) is 44.2 Å². The normalized spacial score (nSPS) is 24.5. The Bertz CT molecular complexity index is 535. The Morgan fingerprint density at radius 3 is 2.32 bits per heavy atom. The van der Waals surface area contributed by atoms with Crippen molar-refractivity contribution in [1.82, 2.24) is 0 Å². The third-order valence-corrected chi connectivity index (χ3v) is 7.01. The summed E-state index contributed by atoms with van der Waals surface area (Å²) in [5.74, 6) is 0. The summed E-state index contributed by atoms with van der Waals surface area (Å²) < 4.78 is 8.12. The molecule has 1 unspecified atom stereocenters. The van der Waals surface area contributed by atoms with Gasteiger partial charge in [-0.05, 0) is 0 Å². The molecule has 6 heteroatoms. The monoisotopic (exact) mass is 409 g/mol. The fraction of sp³-hybridized carbons (Fsp3) is 0.500. The quantitative estimate of drug-likeness (QED) is 0.448. The van der Waals surface area contributed by atoms with Gasteiger partial charge in [0.05, 0.1) is 0 Å². The van der Waals surface area contributed by atoms with E-state index in [1.54, 1.807) is 0 Å². The van der Waals surface area contributed by atoms with E-state index in [0.29, 0.717) is 0 Å². The zero-order valence-electron chi connectivity index (χ0n) is 13.8. The molecule has 0 saturated heterocycles. The Balaban J connectivity index is 0.00000220. The molecule has 0 spiro atoms. The minimum absolute atomic E-state index is 0. The van der Waals surface area contributed by atoms with Crippen LogP contribution in [0.1, 0.15) is 26.7 Å². The number of thioether (sulfide) groups is 1. The van der Waals surface area contributed by atoms with E-state index >= 15 is 0 Å². The Morgan fingerprint density at radius 1 is 1.23 bits per heavy atom. The Hall–Kier alpha value is 0.781. The van der Waals surface area contributed by atoms with Crippen LogP contribution in [0.25, 0.3) is 0 Å². The first-order chi connectivity index (χ1) is 9.22. The van der Waals surface area contributed by atoms with Crippen LogP contribution in [0.3, 0.4) is 0 Å². The van der Waals surface area contributed by atoms with Gasteiger partial charge in [0, 0.05) is 0 Å². The smallest absolute Gasteiger partial charge is 1.00 e. The molecule has 0 aromatic carbocycles. The van der Waals surface area contributed by atoms with E-state index in [9.17, 15) is 0 Å². The number of rotatable bonds is 4. The van der Waals surface area contributed by atoms with Gasteiger partial charge in [-0.25, -0.2) is 0 Å². The molecule has 1 nitrogen and oxygen atoms in total. The van der Waals surface area contributed by atoms with Gasteiger partial charge in [0.15, 0.2) is 0 Å². The van der Waals surface area contributed by atoms with E-state index in [0.717, 1.165) is 12.8 Å². The molecule has 0 aliphatic heterocycles. The second-order valence-electron chi connectivity index (χ2n) is 6.50. The molecule has 2 aliphatic carbocycles. The van der Waals surface area contributed by atoms with Crippen molar-refractivity contribution in [2.24, 2.45) is 0 Å². The van der Waals surface area contributed by atoms with Gasteiger partial charge in [0.1, 0.15) is 0 Å². The van der Waals surface area contributed by atoms with E-state index in [-0.39, 0.29) is 29.7 Å². The third-order valence-electron chi connectivity index (χ3n) is 3.37. The first kappa shape index (κ1) is 22.8. The minimum atomic E-state index is -1.61. The summed E-state index contributed by atoms with van der Waals surface area (Å²) in [7, 11) is -1.61. The van der Waals surface area contributed by atoms with Crippen molar-refractivity contribution in [3.8, 4) is 0 Å². The van der Waals surface area contributed by atoms with Crippen molar-refractivity contribution in [2.45, 2.75) is 51.3 Å². The fourth-order valence-corrected chi connectivity index (χ4v) is 6.30. The van der Waals surface area contributed by atoms with Crippen LogP contribution in [0.2, 0.25) is 19.6 Å². The van der Waals surface area contributed by atoms with Crippen molar-refractivity contribution in [1.29, 1.82) is 0 Å². The SMILES string of the molecule is CC1=CCC(O[Si](C)(C)C)(SC2=[C]([Ti+2])CC=C2)C(C)=C1.[Cl-].[Cl-]. The molecular formula is C16H23Cl2OSSiTi. The molecule has 0 amide bonds. The van der Waals surface area contributed by atoms with Gasteiger partial charge in [-0.1, -0.05) is 0 Å². The minimum Gasteiger partial charge on any atom is -1.00 e. The Labute approximate surface area is 164 Å². The van der Waals surface area contributed by atoms with E-state index < -0.39 is 8.32 Å². The molecule has 0 fully saturated rings. The predicted octanol–water partition coefficient (Wildman–Crippen LogP) is -0.710. The molecule has 0 N–H and O–H groups in total. The summed E-state index contributed by atoms with van der Waals surface area (Å²) in [5, 5.41) is 0. The predicted molar refractivity (Wildman–Crippen MR) is 87.7 cm³/mol. The van der Waals surface area contributed by atoms with Crippen molar-refractivity contribution in [3.63, 3.8) is 0 Å². The molecule has 0 heterocycles. The molecule has 2 rings (SSSR count). The second-order valence-corrected chi connectivity index (χ2v) is 13.2. The molecule has 0 aromatic rings. The van der Waals surface area contributed by atoms with Gasteiger partial charge in [-0.2, -0.15) is 0 Å². The maximum atomic E-state index is 6.66. The van der Waals surface area contributed by atoms with E-state index in [1.807, 2.05) is 11.8 Å². The first-order valence-corrected chi connectivity index (χ1v) is 12.1. The number of halogens is 2. The molecule has 2 aliphatic rings. The van der Waals surface area contributed by atoms with E-state index in [4.69, 9.17) is 4.43 Å². The number of hydrogen-bond donors (Lipinski definition) is 0. The molecule has 0 bridgehead atoms. The van der Waals surface area contributed by atoms with Crippen LogP contribution >= 0.6 is 11.8 Å². The zero-order valence-corrected chi connectivity index (χ0v) is 18.7. The molecule has 22 heavy (non-hydrogen) atoms. The fourth-order valence-electron chi connectivity index (χ4n) is 2.48. The second kappa shape index (κ2) is 8.75. The van der Waals surface area contributed by atoms with Crippen LogP contribution in [0, 0.1) is 0 Å². The van der Waals surface area contributed by atoms with Crippen molar-refractivity contribution in [3.05, 3.63) is 44.2 Å². The maximum Gasteiger partial charge on any atom is -1.00 e. The molecule has 0 saturated carbocycles. The van der Waals surface area contributed by atoms with E-state index in [1.165, 1.54) is 19.9 Å². The average Bonchev–Trinajstić information content (AvgIpc) is 2.68. The molecule has 121 valence electrons. The van der Waals surface area contributed by atoms with Crippen molar-refractivity contribution in [2.75, 3.05) is 0 Å². The van der Waals surface area contributed by atoms with Crippen molar-refractivity contribution >= 4 is 20.1 Å². The largest absolute Gasteiger partial charge is 1.00 e. The summed E-state index contributed by atoms with van der Waals surface area (Å²) in [5.41, 5.74) is 2.70. The van der Waals surface area contributed by atoms with Gasteiger partial charge in [-0.3, -0.25) is 0 Å². The molecule has 0 aromatic heterocycles. The molecule has 0 radical (unpaired) electrons. The first-order valence-electron chi connectivity index (χ1n) is 7.08. The summed E-state index contributed by atoms with van der Waals surface area (Å²) >= 11 is 4.14. The van der Waals surface area contributed by atoms with E-state index in [2.05, 4.69) is 78.2 Å². The Kier molecular flexibility index (Phi) is 9.06. The van der Waals surface area contributed by atoms with Crippen molar-refractivity contribution < 1.29 is 49.7 Å². The van der Waals surface area contributed by atoms with Crippen LogP contribution in [-0.4, -0.2) is 13.3 Å². The summed E-state index contributed by atoms with van der Waals surface area (Å²) in [6.45, 7) is 11.2. The van der Waals surface area contributed by atoms with Gasteiger partial charge in [-0.15, -0.1) is 0 Å². The van der Waals surface area contributed by atoms with Crippen LogP contribution < -0.4 is 24.8 Å². The number of hydrogen-bond acceptors (Lipinski definition) is 2. The summed E-state index contributed by atoms with van der Waals surface area (Å²) in [6, 6.07) is 0. The number of allylic oxidation sites excluding steroid dienone is 5. The van der Waals surface area contributed by atoms with Crippen LogP contribution in [-0.2, 0) is 24.9 Å². The van der Waals surface area contributed by atoms with Gasteiger partial charge < -0.3 is 24.8 Å². The van der Waals surface area contributed by atoms with Crippen LogP contribution in [0.5, 0.6) is 0 Å². The Morgan fingerprint density at radius 2 is 1.86 bits per heavy atom. The van der Waals surface area contributed by atoms with Gasteiger partial charge in [0.2, 0.25) is 0 Å². The third kappa shape index (κ3) is 5.70. The topological polar surface area (TPSA) is 9.23 Å². The zero-order chi connectivity index (χ0) is 15.0. The molecular weight excluding hydrogens is 387 g/mol. The van der Waals surface area contributed by atoms with Gasteiger partial charge in [0.25, 0.3) is 0 Å². The average molecular weight is 410 g/mol.